The van der Waals surface area contributed by atoms with Crippen LogP contribution in [-0.4, -0.2) is 76.6 Å². The number of rotatable bonds is 28. The zero-order valence-electron chi connectivity index (χ0n) is 40.4. The number of allylic oxidation sites excluding steroid dienone is 1. The Morgan fingerprint density at radius 3 is 2.26 bits per heavy atom. The van der Waals surface area contributed by atoms with Gasteiger partial charge in [0.2, 0.25) is 11.7 Å². The van der Waals surface area contributed by atoms with Gasteiger partial charge in [-0.05, 0) is 100 Å². The van der Waals surface area contributed by atoms with Crippen LogP contribution in [0, 0.1) is 17.8 Å². The van der Waals surface area contributed by atoms with E-state index in [9.17, 15) is 19.8 Å². The summed E-state index contributed by atoms with van der Waals surface area (Å²) in [5, 5.41) is 27.8. The number of carbonyl (C=O) groups is 2. The third-order valence-electron chi connectivity index (χ3n) is 13.2. The van der Waals surface area contributed by atoms with Crippen molar-refractivity contribution in [2.24, 2.45) is 22.9 Å². The molecule has 1 aliphatic heterocycles. The van der Waals surface area contributed by atoms with Gasteiger partial charge in [0.25, 0.3) is 0 Å². The Balaban J connectivity index is 1.62. The van der Waals surface area contributed by atoms with Crippen molar-refractivity contribution in [2.45, 2.75) is 180 Å². The molecule has 1 fully saturated rings. The van der Waals surface area contributed by atoms with Crippen LogP contribution in [0.4, 0.5) is 4.79 Å². The van der Waals surface area contributed by atoms with E-state index in [1.54, 1.807) is 12.1 Å². The number of unbranched alkanes of at least 4 members (excludes halogenated alkanes) is 10. The Hall–Kier alpha value is -4.19. The minimum atomic E-state index is -1.33. The second-order valence-electron chi connectivity index (χ2n) is 19.4. The summed E-state index contributed by atoms with van der Waals surface area (Å²) >= 11 is 0. The number of hydrogen-bond donors (Lipinski definition) is 3. The third-order valence-corrected chi connectivity index (χ3v) is 13.2. The predicted octanol–water partition coefficient (Wildman–Crippen LogP) is 11.6. The van der Waals surface area contributed by atoms with Gasteiger partial charge in [-0.15, -0.1) is 6.58 Å². The van der Waals surface area contributed by atoms with Gasteiger partial charge in [0, 0.05) is 50.6 Å². The molecule has 0 spiro atoms. The number of amides is 2. The molecule has 2 aliphatic carbocycles. The second kappa shape index (κ2) is 26.2. The lowest BCUT2D eigenvalue weighted by atomic mass is 9.55. The predicted molar refractivity (Wildman–Crippen MR) is 259 cm³/mol. The summed E-state index contributed by atoms with van der Waals surface area (Å²) in [6.45, 7) is 15.6. The molecule has 11 heteroatoms. The van der Waals surface area contributed by atoms with E-state index in [4.69, 9.17) is 24.2 Å². The van der Waals surface area contributed by atoms with E-state index in [-0.39, 0.29) is 43.5 Å². The molecular weight excluding hydrogens is 819 g/mol. The summed E-state index contributed by atoms with van der Waals surface area (Å²) in [6, 6.07) is 14.7. The van der Waals surface area contributed by atoms with Gasteiger partial charge in [-0.2, -0.15) is 0 Å². The normalized spacial score (nSPS) is 22.8. The number of aliphatic hydroxyl groups excluding tert-OH is 2. The molecule has 0 aromatic heterocycles. The van der Waals surface area contributed by atoms with Crippen LogP contribution in [0.15, 0.2) is 78.0 Å². The minimum absolute atomic E-state index is 0.0475. The molecule has 11 nitrogen and oxygen atoms in total. The molecule has 3 N–H and O–H groups in total. The molecule has 2 aromatic rings. The van der Waals surface area contributed by atoms with Crippen LogP contribution >= 0.6 is 0 Å². The number of nitrogens with zero attached hydrogens (tertiary/aromatic N) is 2. The van der Waals surface area contributed by atoms with Gasteiger partial charge in [-0.3, -0.25) is 4.79 Å². The monoisotopic (exact) mass is 900 g/mol. The zero-order valence-corrected chi connectivity index (χ0v) is 40.4. The first-order valence-electron chi connectivity index (χ1n) is 25.1. The van der Waals surface area contributed by atoms with E-state index in [1.165, 1.54) is 38.5 Å². The Bertz CT molecular complexity index is 1840. The van der Waals surface area contributed by atoms with E-state index in [1.807, 2.05) is 68.1 Å². The van der Waals surface area contributed by atoms with Crippen molar-refractivity contribution in [3.63, 3.8) is 0 Å². The second-order valence-corrected chi connectivity index (χ2v) is 19.4. The van der Waals surface area contributed by atoms with Gasteiger partial charge in [0.1, 0.15) is 23.1 Å². The fourth-order valence-corrected chi connectivity index (χ4v) is 10.2. The number of benzene rings is 2. The van der Waals surface area contributed by atoms with E-state index >= 15 is 0 Å². The van der Waals surface area contributed by atoms with E-state index in [0.717, 1.165) is 73.8 Å². The lowest BCUT2D eigenvalue weighted by Gasteiger charge is -2.60. The lowest BCUT2D eigenvalue weighted by Crippen LogP contribution is -2.70. The van der Waals surface area contributed by atoms with Gasteiger partial charge in [0.05, 0.1) is 18.2 Å². The van der Waals surface area contributed by atoms with E-state index in [2.05, 4.69) is 31.8 Å². The standard InChI is InChI=1S/C54H81N3O8/c1-7-10-11-12-13-14-15-16-20-29-49(60)57(32-8-2)48-38-46(56-65-53(4,5)6)44-36-41(27-21-23-33-58)43(28-22-24-34-59)50-45-37-42(63-52(61)55-39-40-25-18-17-19-26-40)30-31-47(45)64-54(48,51(44)50)62-35-9-3/h9,17-19,25-26,30-31,36-37,41,43,48,50-51,58-59H,3,7-8,10-16,20-24,27-29,32-35,38-39H2,1-2,4-6H3,(H,55,61)/t41-,43+,48-,50+,51+,54+/m0/s1. The highest BCUT2D eigenvalue weighted by atomic mass is 16.7. The summed E-state index contributed by atoms with van der Waals surface area (Å²) < 4.78 is 20.5. The first kappa shape index (κ1) is 51.8. The largest absolute Gasteiger partial charge is 0.459 e. The number of carbonyl (C=O) groups excluding carboxylic acids is 2. The molecule has 5 rings (SSSR count). The highest BCUT2D eigenvalue weighted by molar-refractivity contribution is 6.03. The molecule has 0 saturated heterocycles. The van der Waals surface area contributed by atoms with Gasteiger partial charge in [-0.25, -0.2) is 4.79 Å². The van der Waals surface area contributed by atoms with Crippen LogP contribution in [-0.2, 0) is 20.9 Å². The molecule has 360 valence electrons. The first-order chi connectivity index (χ1) is 31.5. The maximum atomic E-state index is 14.8. The van der Waals surface area contributed by atoms with Crippen molar-refractivity contribution in [1.29, 1.82) is 0 Å². The maximum absolute atomic E-state index is 14.8. The molecule has 1 saturated carbocycles. The summed E-state index contributed by atoms with van der Waals surface area (Å²) in [5.74, 6) is -0.779. The van der Waals surface area contributed by atoms with Crippen LogP contribution in [0.3, 0.4) is 0 Å². The van der Waals surface area contributed by atoms with Crippen molar-refractivity contribution >= 4 is 17.7 Å². The number of nitrogens with one attached hydrogen (secondary N) is 1. The van der Waals surface area contributed by atoms with Crippen molar-refractivity contribution in [2.75, 3.05) is 26.4 Å². The minimum Gasteiger partial charge on any atom is -0.459 e. The fourth-order valence-electron chi connectivity index (χ4n) is 10.2. The molecular formula is C54H81N3O8. The molecule has 6 atom stereocenters. The number of ether oxygens (including phenoxy) is 3. The molecule has 2 amide bonds. The van der Waals surface area contributed by atoms with E-state index in [0.29, 0.717) is 50.3 Å². The molecule has 3 aliphatic rings. The van der Waals surface area contributed by atoms with Crippen LogP contribution in [0.5, 0.6) is 11.5 Å². The topological polar surface area (TPSA) is 139 Å². The van der Waals surface area contributed by atoms with Crippen LogP contribution in [0.25, 0.3) is 0 Å². The Morgan fingerprint density at radius 1 is 0.908 bits per heavy atom. The van der Waals surface area contributed by atoms with E-state index < -0.39 is 29.4 Å². The highest BCUT2D eigenvalue weighted by Crippen LogP contribution is 2.62. The molecule has 2 aromatic carbocycles. The first-order valence-corrected chi connectivity index (χ1v) is 25.1. The average molecular weight is 900 g/mol. The highest BCUT2D eigenvalue weighted by Gasteiger charge is 2.65. The summed E-state index contributed by atoms with van der Waals surface area (Å²) in [6.07, 6.45) is 20.2. The SMILES string of the molecule is C=CCO[C@@]12Oc3ccc(OC(=O)NCc4ccccc4)cc3[C@H]3[C@H](CCCCO)[C@@H](CCCCO)C=C(C(=NOC(C)(C)C)C[C@@H]1N(CCC)C(=O)CCCCCCCCCCC)[C@H]32. The van der Waals surface area contributed by atoms with Crippen LogP contribution < -0.4 is 14.8 Å². The van der Waals surface area contributed by atoms with Gasteiger partial charge in [0.15, 0.2) is 0 Å². The average Bonchev–Trinajstić information content (AvgIpc) is 3.29. The molecule has 1 heterocycles. The number of hydrogen-bond acceptors (Lipinski definition) is 9. The smallest absolute Gasteiger partial charge is 0.412 e. The molecule has 0 bridgehead atoms. The molecule has 0 radical (unpaired) electrons. The Labute approximate surface area is 390 Å². The molecule has 0 unspecified atom stereocenters. The fraction of sp³-hybridized carbons (Fsp3) is 0.648. The lowest BCUT2D eigenvalue weighted by molar-refractivity contribution is -0.257. The number of oxime groups is 1. The van der Waals surface area contributed by atoms with Crippen LogP contribution in [0.2, 0.25) is 0 Å². The maximum Gasteiger partial charge on any atom is 0.412 e. The van der Waals surface area contributed by atoms with Crippen LogP contribution in [0.1, 0.15) is 167 Å². The molecule has 65 heavy (non-hydrogen) atoms. The van der Waals surface area contributed by atoms with Crippen molar-refractivity contribution < 1.29 is 38.9 Å². The Kier molecular flexibility index (Phi) is 20.9. The zero-order chi connectivity index (χ0) is 46.7. The van der Waals surface area contributed by atoms with Crippen molar-refractivity contribution in [1.82, 2.24) is 10.2 Å². The van der Waals surface area contributed by atoms with Gasteiger partial charge < -0.3 is 39.5 Å². The van der Waals surface area contributed by atoms with Crippen molar-refractivity contribution in [3.8, 4) is 11.5 Å². The summed E-state index contributed by atoms with van der Waals surface area (Å²) in [4.78, 5) is 36.4. The summed E-state index contributed by atoms with van der Waals surface area (Å²) in [7, 11) is 0. The third kappa shape index (κ3) is 14.4. The van der Waals surface area contributed by atoms with Crippen molar-refractivity contribution in [3.05, 3.63) is 84.0 Å². The quantitative estimate of drug-likeness (QED) is 0.0436. The summed E-state index contributed by atoms with van der Waals surface area (Å²) in [5.41, 5.74) is 3.04. The Morgan fingerprint density at radius 2 is 1.60 bits per heavy atom. The number of fused-ring (bicyclic) bond motifs is 2. The number of aliphatic hydroxyl groups is 2. The van der Waals surface area contributed by atoms with Gasteiger partial charge in [-0.1, -0.05) is 126 Å². The van der Waals surface area contributed by atoms with Gasteiger partial charge >= 0.3 is 6.09 Å².